The van der Waals surface area contributed by atoms with Crippen LogP contribution in [0.1, 0.15) is 50.8 Å². The van der Waals surface area contributed by atoms with Crippen LogP contribution in [0.15, 0.2) is 15.9 Å². The molecule has 2 heteroatoms. The molecule has 0 aliphatic carbocycles. The lowest BCUT2D eigenvalue weighted by atomic mass is 10.2. The normalized spacial score (nSPS) is 9.43. The van der Waals surface area contributed by atoms with Crippen LogP contribution < -0.4 is 0 Å². The summed E-state index contributed by atoms with van der Waals surface area (Å²) in [5.74, 6) is 0. The highest BCUT2D eigenvalue weighted by molar-refractivity contribution is 9.11. The Morgan fingerprint density at radius 1 is 1.07 bits per heavy atom. The van der Waals surface area contributed by atoms with Gasteiger partial charge in [0.1, 0.15) is 0 Å². The van der Waals surface area contributed by atoms with Crippen LogP contribution >= 0.6 is 27.3 Å². The zero-order valence-electron chi connectivity index (χ0n) is 9.48. The molecule has 0 radical (unpaired) electrons. The summed E-state index contributed by atoms with van der Waals surface area (Å²) in [5, 5.41) is 0. The van der Waals surface area contributed by atoms with E-state index in [2.05, 4.69) is 48.8 Å². The highest BCUT2D eigenvalue weighted by atomic mass is 79.9. The summed E-state index contributed by atoms with van der Waals surface area (Å²) in [6.07, 6.45) is 7.01. The van der Waals surface area contributed by atoms with Crippen LogP contribution in [0.4, 0.5) is 0 Å². The van der Waals surface area contributed by atoms with E-state index in [1.54, 1.807) is 11.3 Å². The zero-order chi connectivity index (χ0) is 10.8. The molecular formula is C12H21BrS. The van der Waals surface area contributed by atoms with Crippen molar-refractivity contribution in [3.8, 4) is 0 Å². The third kappa shape index (κ3) is 8.76. The van der Waals surface area contributed by atoms with E-state index in [9.17, 15) is 0 Å². The van der Waals surface area contributed by atoms with Crippen LogP contribution in [0.25, 0.3) is 0 Å². The number of hydrogen-bond donors (Lipinski definition) is 0. The second-order valence-electron chi connectivity index (χ2n) is 3.41. The Bertz CT molecular complexity index is 197. The van der Waals surface area contributed by atoms with Crippen molar-refractivity contribution in [2.45, 2.75) is 52.9 Å². The van der Waals surface area contributed by atoms with E-state index < -0.39 is 0 Å². The molecule has 14 heavy (non-hydrogen) atoms. The van der Waals surface area contributed by atoms with E-state index in [1.165, 1.54) is 40.8 Å². The molecule has 0 saturated heterocycles. The summed E-state index contributed by atoms with van der Waals surface area (Å²) in [6, 6.07) is 4.15. The molecule has 0 fully saturated rings. The predicted molar refractivity (Wildman–Crippen MR) is 71.2 cm³/mol. The molecule has 0 atom stereocenters. The van der Waals surface area contributed by atoms with Crippen LogP contribution in [-0.4, -0.2) is 0 Å². The maximum atomic E-state index is 3.35. The lowest BCUT2D eigenvalue weighted by molar-refractivity contribution is 0.656. The fraction of sp³-hybridized carbons (Fsp3) is 0.667. The van der Waals surface area contributed by atoms with Crippen LogP contribution in [0.2, 0.25) is 0 Å². The minimum Gasteiger partial charge on any atom is -0.134 e. The van der Waals surface area contributed by atoms with Crippen molar-refractivity contribution in [1.82, 2.24) is 0 Å². The van der Waals surface area contributed by atoms with Crippen LogP contribution in [0.3, 0.4) is 0 Å². The smallest absolute Gasteiger partial charge is 0.0701 e. The van der Waals surface area contributed by atoms with Gasteiger partial charge in [-0.3, -0.25) is 0 Å². The van der Waals surface area contributed by atoms with Crippen molar-refractivity contribution in [3.63, 3.8) is 0 Å². The molecule has 1 rings (SSSR count). The van der Waals surface area contributed by atoms with Gasteiger partial charge >= 0.3 is 0 Å². The maximum absolute atomic E-state index is 3.35. The molecule has 0 spiro atoms. The van der Waals surface area contributed by atoms with Gasteiger partial charge in [-0.2, -0.15) is 0 Å². The third-order valence-corrected chi connectivity index (χ3v) is 3.45. The average molecular weight is 277 g/mol. The molecule has 0 aliphatic rings. The summed E-state index contributed by atoms with van der Waals surface area (Å²) in [7, 11) is 0. The Kier molecular flexibility index (Phi) is 9.85. The molecule has 1 aromatic heterocycles. The van der Waals surface area contributed by atoms with Gasteiger partial charge in [0.15, 0.2) is 0 Å². The lowest BCUT2D eigenvalue weighted by Crippen LogP contribution is -1.70. The van der Waals surface area contributed by atoms with Crippen molar-refractivity contribution < 1.29 is 0 Å². The molecule has 0 aromatic carbocycles. The molecule has 0 unspecified atom stereocenters. The standard InChI is InChI=1S/C7H16.C5H5BrS/c1-3-5-7-6-4-2;1-4-2-3-5(6)7-4/h3-7H2,1-2H3;2-3H,1H3. The minimum absolute atomic E-state index is 1.21. The van der Waals surface area contributed by atoms with E-state index in [0.717, 1.165) is 0 Å². The zero-order valence-corrected chi connectivity index (χ0v) is 11.9. The Morgan fingerprint density at radius 2 is 1.64 bits per heavy atom. The number of thiophene rings is 1. The molecule has 0 saturated carbocycles. The van der Waals surface area contributed by atoms with Crippen LogP contribution in [-0.2, 0) is 0 Å². The molecule has 82 valence electrons. The number of unbranched alkanes of at least 4 members (excludes halogenated alkanes) is 4. The quantitative estimate of drug-likeness (QED) is 0.610. The first-order valence-corrected chi connectivity index (χ1v) is 7.03. The van der Waals surface area contributed by atoms with Crippen molar-refractivity contribution in [2.24, 2.45) is 0 Å². The molecule has 0 nitrogen and oxygen atoms in total. The van der Waals surface area contributed by atoms with Gasteiger partial charge in [-0.15, -0.1) is 11.3 Å². The van der Waals surface area contributed by atoms with E-state index in [1.807, 2.05) is 0 Å². The largest absolute Gasteiger partial charge is 0.134 e. The van der Waals surface area contributed by atoms with Crippen molar-refractivity contribution in [2.75, 3.05) is 0 Å². The van der Waals surface area contributed by atoms with Crippen LogP contribution in [0.5, 0.6) is 0 Å². The topological polar surface area (TPSA) is 0 Å². The van der Waals surface area contributed by atoms with Gasteiger partial charge in [0.25, 0.3) is 0 Å². The average Bonchev–Trinajstić information content (AvgIpc) is 2.52. The molecule has 1 aromatic rings. The molecule has 0 N–H and O–H groups in total. The summed E-state index contributed by atoms with van der Waals surface area (Å²) in [6.45, 7) is 6.58. The van der Waals surface area contributed by atoms with E-state index in [-0.39, 0.29) is 0 Å². The Balaban J connectivity index is 0.000000241. The first kappa shape index (κ1) is 14.2. The summed E-state index contributed by atoms with van der Waals surface area (Å²) in [4.78, 5) is 1.35. The van der Waals surface area contributed by atoms with Gasteiger partial charge < -0.3 is 0 Å². The van der Waals surface area contributed by atoms with Crippen molar-refractivity contribution >= 4 is 27.3 Å². The van der Waals surface area contributed by atoms with Gasteiger partial charge in [0.2, 0.25) is 0 Å². The van der Waals surface area contributed by atoms with Crippen LogP contribution in [0, 0.1) is 6.92 Å². The monoisotopic (exact) mass is 276 g/mol. The summed E-state index contributed by atoms with van der Waals surface area (Å²) < 4.78 is 1.21. The molecule has 0 aliphatic heterocycles. The summed E-state index contributed by atoms with van der Waals surface area (Å²) in [5.41, 5.74) is 0. The molecular weight excluding hydrogens is 256 g/mol. The Morgan fingerprint density at radius 3 is 1.86 bits per heavy atom. The number of hydrogen-bond acceptors (Lipinski definition) is 1. The Hall–Kier alpha value is 0.180. The maximum Gasteiger partial charge on any atom is 0.0701 e. The van der Waals surface area contributed by atoms with Gasteiger partial charge in [0.05, 0.1) is 3.79 Å². The molecule has 0 bridgehead atoms. The second kappa shape index (κ2) is 9.72. The van der Waals surface area contributed by atoms with E-state index in [4.69, 9.17) is 0 Å². The highest BCUT2D eigenvalue weighted by Gasteiger charge is 1.86. The van der Waals surface area contributed by atoms with Crippen molar-refractivity contribution in [1.29, 1.82) is 0 Å². The van der Waals surface area contributed by atoms with Crippen molar-refractivity contribution in [3.05, 3.63) is 20.8 Å². The second-order valence-corrected chi connectivity index (χ2v) is 6.08. The minimum atomic E-state index is 1.21. The van der Waals surface area contributed by atoms with Gasteiger partial charge in [-0.05, 0) is 35.0 Å². The van der Waals surface area contributed by atoms with E-state index in [0.29, 0.717) is 0 Å². The fourth-order valence-corrected chi connectivity index (χ4v) is 2.56. The molecule has 1 heterocycles. The van der Waals surface area contributed by atoms with Gasteiger partial charge in [-0.1, -0.05) is 46.0 Å². The van der Waals surface area contributed by atoms with E-state index >= 15 is 0 Å². The predicted octanol–water partition coefficient (Wildman–Crippen LogP) is 5.80. The number of halogens is 1. The Labute approximate surface area is 101 Å². The first-order valence-electron chi connectivity index (χ1n) is 5.42. The molecule has 0 amide bonds. The van der Waals surface area contributed by atoms with Gasteiger partial charge in [-0.25, -0.2) is 0 Å². The first-order chi connectivity index (χ1) is 6.70. The number of aryl methyl sites for hydroxylation is 1. The SMILES string of the molecule is CCCCCCC.Cc1ccc(Br)s1. The van der Waals surface area contributed by atoms with Gasteiger partial charge in [0, 0.05) is 4.88 Å². The lowest BCUT2D eigenvalue weighted by Gasteiger charge is -1.90. The third-order valence-electron chi connectivity index (χ3n) is 1.91. The highest BCUT2D eigenvalue weighted by Crippen LogP contribution is 2.20. The number of rotatable bonds is 4. The fourth-order valence-electron chi connectivity index (χ4n) is 1.08. The summed E-state index contributed by atoms with van der Waals surface area (Å²) >= 11 is 5.11.